The second-order valence-corrected chi connectivity index (χ2v) is 3.91. The minimum atomic E-state index is -0.287. The quantitative estimate of drug-likeness (QED) is 0.645. The second kappa shape index (κ2) is 4.97. The van der Waals surface area contributed by atoms with Crippen molar-refractivity contribution in [3.8, 4) is 0 Å². The van der Waals surface area contributed by atoms with Crippen molar-refractivity contribution in [3.05, 3.63) is 43.0 Å². The Morgan fingerprint density at radius 1 is 1.53 bits per heavy atom. The van der Waals surface area contributed by atoms with Crippen molar-refractivity contribution in [2.24, 2.45) is 0 Å². The van der Waals surface area contributed by atoms with Crippen LogP contribution in [0.25, 0.3) is 0 Å². The molecule has 0 bridgehead atoms. The van der Waals surface area contributed by atoms with Crippen molar-refractivity contribution in [1.29, 1.82) is 0 Å². The number of amides is 2. The second-order valence-electron chi connectivity index (χ2n) is 3.56. The third-order valence-corrected chi connectivity index (χ3v) is 2.68. The molecule has 0 spiro atoms. The molecule has 0 saturated carbocycles. The Bertz CT molecular complexity index is 447. The number of benzene rings is 1. The largest absolute Gasteiger partial charge is 0.461 e. The molecule has 88 valence electrons. The number of urea groups is 1. The fourth-order valence-corrected chi connectivity index (χ4v) is 1.77. The van der Waals surface area contributed by atoms with Gasteiger partial charge in [0.05, 0.1) is 6.54 Å². The van der Waals surface area contributed by atoms with E-state index in [0.717, 1.165) is 5.69 Å². The molecule has 1 aromatic carbocycles. The van der Waals surface area contributed by atoms with Crippen molar-refractivity contribution < 1.29 is 9.53 Å². The first kappa shape index (κ1) is 11.6. The number of nitrogens with one attached hydrogen (secondary N) is 1. The Morgan fingerprint density at radius 2 is 2.24 bits per heavy atom. The maximum absolute atomic E-state index is 11.9. The molecule has 1 atom stereocenters. The Hall–Kier alpha value is -1.88. The maximum atomic E-state index is 11.9. The zero-order valence-corrected chi connectivity index (χ0v) is 9.94. The van der Waals surface area contributed by atoms with Crippen LogP contribution in [0.3, 0.4) is 0 Å². The van der Waals surface area contributed by atoms with Crippen LogP contribution in [0.2, 0.25) is 0 Å². The first-order valence-corrected chi connectivity index (χ1v) is 5.58. The lowest BCUT2D eigenvalue weighted by atomic mass is 10.3. The summed E-state index contributed by atoms with van der Waals surface area (Å²) in [5.74, 6) is 0. The average molecular weight is 248 g/mol. The summed E-state index contributed by atoms with van der Waals surface area (Å²) in [5.41, 5.74) is 0.724. The van der Waals surface area contributed by atoms with E-state index in [9.17, 15) is 4.79 Å². The van der Waals surface area contributed by atoms with Crippen LogP contribution >= 0.6 is 12.2 Å². The summed E-state index contributed by atoms with van der Waals surface area (Å²) in [6.07, 6.45) is 1.41. The van der Waals surface area contributed by atoms with Gasteiger partial charge in [0.1, 0.15) is 6.10 Å². The van der Waals surface area contributed by atoms with Crippen LogP contribution in [-0.2, 0) is 4.74 Å². The number of ether oxygens (including phenoxy) is 1. The van der Waals surface area contributed by atoms with E-state index >= 15 is 0 Å². The third-order valence-electron chi connectivity index (χ3n) is 2.37. The molecule has 0 aromatic heterocycles. The van der Waals surface area contributed by atoms with Crippen molar-refractivity contribution >= 4 is 29.1 Å². The van der Waals surface area contributed by atoms with Gasteiger partial charge >= 0.3 is 6.03 Å². The van der Waals surface area contributed by atoms with Gasteiger partial charge in [-0.05, 0) is 30.4 Å². The van der Waals surface area contributed by atoms with E-state index in [1.54, 1.807) is 6.08 Å². The van der Waals surface area contributed by atoms with Crippen molar-refractivity contribution in [1.82, 2.24) is 4.90 Å². The van der Waals surface area contributed by atoms with Crippen LogP contribution in [0.1, 0.15) is 0 Å². The highest BCUT2D eigenvalue weighted by Gasteiger charge is 2.30. The first-order valence-electron chi connectivity index (χ1n) is 5.17. The van der Waals surface area contributed by atoms with E-state index in [4.69, 9.17) is 17.0 Å². The van der Waals surface area contributed by atoms with Gasteiger partial charge in [0.25, 0.3) is 5.17 Å². The minimum Gasteiger partial charge on any atom is -0.461 e. The zero-order chi connectivity index (χ0) is 12.3. The fraction of sp³-hybridized carbons (Fsp3) is 0.167. The predicted octanol–water partition coefficient (Wildman–Crippen LogP) is 2.39. The lowest BCUT2D eigenvalue weighted by molar-refractivity contribution is 0.236. The number of thiocarbonyl (C=S) groups is 1. The molecule has 1 aliphatic heterocycles. The molecule has 0 aliphatic carbocycles. The van der Waals surface area contributed by atoms with Crippen LogP contribution in [-0.4, -0.2) is 28.8 Å². The van der Waals surface area contributed by atoms with Gasteiger partial charge < -0.3 is 10.1 Å². The molecule has 1 heterocycles. The fourth-order valence-electron chi connectivity index (χ4n) is 1.49. The van der Waals surface area contributed by atoms with Crippen molar-refractivity contribution in [2.45, 2.75) is 6.10 Å². The van der Waals surface area contributed by atoms with Crippen LogP contribution in [0.15, 0.2) is 43.0 Å². The summed E-state index contributed by atoms with van der Waals surface area (Å²) in [4.78, 5) is 13.3. The summed E-state index contributed by atoms with van der Waals surface area (Å²) in [5, 5.41) is 2.93. The molecule has 1 aliphatic rings. The van der Waals surface area contributed by atoms with E-state index in [1.807, 2.05) is 30.3 Å². The van der Waals surface area contributed by atoms with Crippen LogP contribution in [0.5, 0.6) is 0 Å². The van der Waals surface area contributed by atoms with E-state index in [1.165, 1.54) is 4.90 Å². The molecule has 1 aromatic rings. The number of hydrogen-bond acceptors (Lipinski definition) is 3. The van der Waals surface area contributed by atoms with Gasteiger partial charge in [-0.1, -0.05) is 24.8 Å². The minimum absolute atomic E-state index is 0.184. The number of hydrogen-bond donors (Lipinski definition) is 1. The number of carbonyl (C=O) groups is 1. The normalized spacial score (nSPS) is 18.7. The third kappa shape index (κ3) is 2.62. The first-order chi connectivity index (χ1) is 8.20. The van der Waals surface area contributed by atoms with Gasteiger partial charge in [0, 0.05) is 5.69 Å². The van der Waals surface area contributed by atoms with Crippen molar-refractivity contribution in [3.63, 3.8) is 0 Å². The maximum Gasteiger partial charge on any atom is 0.329 e. The Balaban J connectivity index is 2.02. The molecule has 17 heavy (non-hydrogen) atoms. The van der Waals surface area contributed by atoms with Gasteiger partial charge in [0.15, 0.2) is 0 Å². The Morgan fingerprint density at radius 3 is 2.82 bits per heavy atom. The molecule has 1 N–H and O–H groups in total. The molecule has 1 fully saturated rings. The number of nitrogens with zero attached hydrogens (tertiary/aromatic N) is 1. The van der Waals surface area contributed by atoms with Gasteiger partial charge in [-0.3, -0.25) is 4.90 Å². The molecule has 1 saturated heterocycles. The van der Waals surface area contributed by atoms with Gasteiger partial charge in [-0.25, -0.2) is 4.79 Å². The number of rotatable bonds is 2. The number of anilines is 1. The molecule has 2 amide bonds. The predicted molar refractivity (Wildman–Crippen MR) is 69.8 cm³/mol. The van der Waals surface area contributed by atoms with Crippen molar-refractivity contribution in [2.75, 3.05) is 11.9 Å². The van der Waals surface area contributed by atoms with Crippen LogP contribution in [0, 0.1) is 0 Å². The molecule has 5 heteroatoms. The highest BCUT2D eigenvalue weighted by atomic mass is 32.1. The van der Waals surface area contributed by atoms with Crippen LogP contribution < -0.4 is 5.32 Å². The molecule has 1 unspecified atom stereocenters. The lowest BCUT2D eigenvalue weighted by Gasteiger charge is -2.13. The zero-order valence-electron chi connectivity index (χ0n) is 9.13. The summed E-state index contributed by atoms with van der Waals surface area (Å²) >= 11 is 4.97. The summed E-state index contributed by atoms with van der Waals surface area (Å²) < 4.78 is 5.26. The summed E-state index contributed by atoms with van der Waals surface area (Å²) in [6.45, 7) is 4.02. The van der Waals surface area contributed by atoms with E-state index in [-0.39, 0.29) is 17.3 Å². The van der Waals surface area contributed by atoms with Gasteiger partial charge in [-0.15, -0.1) is 0 Å². The van der Waals surface area contributed by atoms with Gasteiger partial charge in [0.2, 0.25) is 0 Å². The number of carbonyl (C=O) groups excluding carboxylic acids is 1. The number of para-hydroxylation sites is 1. The highest BCUT2D eigenvalue weighted by Crippen LogP contribution is 2.14. The summed E-state index contributed by atoms with van der Waals surface area (Å²) in [6, 6.07) is 8.91. The lowest BCUT2D eigenvalue weighted by Crippen LogP contribution is -2.35. The van der Waals surface area contributed by atoms with Gasteiger partial charge in [-0.2, -0.15) is 0 Å². The average Bonchev–Trinajstić information content (AvgIpc) is 2.72. The van der Waals surface area contributed by atoms with E-state index in [2.05, 4.69) is 11.9 Å². The molecular weight excluding hydrogens is 236 g/mol. The summed E-state index contributed by atoms with van der Waals surface area (Å²) in [7, 11) is 0. The SMILES string of the molecule is C=CC1CN(C(=O)Nc2ccccc2)C(=S)O1. The molecule has 4 nitrogen and oxygen atoms in total. The highest BCUT2D eigenvalue weighted by molar-refractivity contribution is 7.80. The van der Waals surface area contributed by atoms with Crippen LogP contribution in [0.4, 0.5) is 10.5 Å². The van der Waals surface area contributed by atoms with E-state index in [0.29, 0.717) is 6.54 Å². The molecular formula is C12H12N2O2S. The molecule has 0 radical (unpaired) electrons. The smallest absolute Gasteiger partial charge is 0.329 e. The monoisotopic (exact) mass is 248 g/mol. The Labute approximate surface area is 105 Å². The topological polar surface area (TPSA) is 41.6 Å². The Kier molecular flexibility index (Phi) is 3.39. The standard InChI is InChI=1S/C12H12N2O2S/c1-2-10-8-14(12(17)16-10)11(15)13-9-6-4-3-5-7-9/h2-7,10H,1,8H2,(H,13,15). The van der Waals surface area contributed by atoms with E-state index < -0.39 is 0 Å². The molecule has 2 rings (SSSR count).